The van der Waals surface area contributed by atoms with Gasteiger partial charge in [0, 0.05) is 12.6 Å². The van der Waals surface area contributed by atoms with E-state index in [1.54, 1.807) is 0 Å². The van der Waals surface area contributed by atoms with Gasteiger partial charge >= 0.3 is 0 Å². The summed E-state index contributed by atoms with van der Waals surface area (Å²) in [6, 6.07) is 9.55. The van der Waals surface area contributed by atoms with Crippen molar-refractivity contribution in [2.24, 2.45) is 11.7 Å². The number of nitrogens with one attached hydrogen (secondary N) is 1. The molecule has 4 nitrogen and oxygen atoms in total. The third-order valence-electron chi connectivity index (χ3n) is 4.23. The quantitative estimate of drug-likeness (QED) is 0.653. The van der Waals surface area contributed by atoms with E-state index in [2.05, 4.69) is 24.1 Å². The van der Waals surface area contributed by atoms with E-state index in [9.17, 15) is 4.79 Å². The number of carbonyl (C=O) groups is 1. The lowest BCUT2D eigenvalue weighted by Gasteiger charge is -2.20. The molecule has 0 aliphatic rings. The number of nitrogens with zero attached hydrogens (tertiary/aromatic N) is 1. The zero-order valence-electron chi connectivity index (χ0n) is 14.2. The van der Waals surface area contributed by atoms with Crippen molar-refractivity contribution < 1.29 is 4.79 Å². The predicted octanol–water partition coefficient (Wildman–Crippen LogP) is 2.56. The Morgan fingerprint density at radius 1 is 1.18 bits per heavy atom. The Balaban J connectivity index is 2.27. The molecule has 1 aromatic rings. The number of amides is 1. The van der Waals surface area contributed by atoms with Crippen molar-refractivity contribution in [3.63, 3.8) is 0 Å². The summed E-state index contributed by atoms with van der Waals surface area (Å²) < 4.78 is 0. The molecule has 1 amide bonds. The number of carbonyl (C=O) groups excluding carboxylic acids is 1. The molecular weight excluding hydrogens is 274 g/mol. The van der Waals surface area contributed by atoms with Gasteiger partial charge in [-0.1, -0.05) is 51.1 Å². The number of hydrogen-bond donors (Lipinski definition) is 2. The van der Waals surface area contributed by atoms with Crippen LogP contribution in [0.5, 0.6) is 0 Å². The Morgan fingerprint density at radius 3 is 2.41 bits per heavy atom. The van der Waals surface area contributed by atoms with Crippen LogP contribution >= 0.6 is 0 Å². The van der Waals surface area contributed by atoms with E-state index in [1.807, 2.05) is 37.3 Å². The molecule has 2 unspecified atom stereocenters. The molecule has 0 aliphatic carbocycles. The standard InChI is InChI=1S/C18H31N3O/c1-4-21(5-2)14-10-9-13-20-18(22)15(3)17(19)16-11-7-6-8-12-16/h6-8,11-12,15,17H,4-5,9-10,13-14,19H2,1-3H3,(H,20,22). The number of unbranched alkanes of at least 4 members (excludes halogenated alkanes) is 1. The molecule has 1 aromatic carbocycles. The summed E-state index contributed by atoms with van der Waals surface area (Å²) in [7, 11) is 0. The van der Waals surface area contributed by atoms with Gasteiger partial charge in [-0.3, -0.25) is 4.79 Å². The van der Waals surface area contributed by atoms with E-state index in [0.29, 0.717) is 0 Å². The highest BCUT2D eigenvalue weighted by Crippen LogP contribution is 2.18. The van der Waals surface area contributed by atoms with Crippen LogP contribution in [0.3, 0.4) is 0 Å². The molecule has 0 aliphatic heterocycles. The second-order valence-electron chi connectivity index (χ2n) is 5.75. The Labute approximate surface area is 135 Å². The van der Waals surface area contributed by atoms with Gasteiger partial charge in [0.1, 0.15) is 0 Å². The van der Waals surface area contributed by atoms with Gasteiger partial charge in [0.2, 0.25) is 5.91 Å². The minimum atomic E-state index is -0.253. The number of benzene rings is 1. The number of hydrogen-bond acceptors (Lipinski definition) is 3. The summed E-state index contributed by atoms with van der Waals surface area (Å²) in [5, 5.41) is 3.01. The summed E-state index contributed by atoms with van der Waals surface area (Å²) >= 11 is 0. The third kappa shape index (κ3) is 6.16. The van der Waals surface area contributed by atoms with Crippen molar-refractivity contribution in [3.8, 4) is 0 Å². The lowest BCUT2D eigenvalue weighted by molar-refractivity contribution is -0.125. The number of nitrogens with two attached hydrogens (primary N) is 1. The molecule has 0 bridgehead atoms. The molecule has 1 rings (SSSR count). The number of rotatable bonds is 10. The van der Waals surface area contributed by atoms with Crippen LogP contribution in [0.4, 0.5) is 0 Å². The van der Waals surface area contributed by atoms with Crippen LogP contribution in [0.1, 0.15) is 45.2 Å². The minimum absolute atomic E-state index is 0.0409. The van der Waals surface area contributed by atoms with Crippen LogP contribution in [-0.2, 0) is 4.79 Å². The topological polar surface area (TPSA) is 58.4 Å². The van der Waals surface area contributed by atoms with Crippen LogP contribution < -0.4 is 11.1 Å². The van der Waals surface area contributed by atoms with Gasteiger partial charge in [-0.2, -0.15) is 0 Å². The molecule has 124 valence electrons. The van der Waals surface area contributed by atoms with Gasteiger partial charge in [0.05, 0.1) is 5.92 Å². The molecule has 2 atom stereocenters. The highest BCUT2D eigenvalue weighted by atomic mass is 16.1. The lowest BCUT2D eigenvalue weighted by Crippen LogP contribution is -2.36. The first-order chi connectivity index (χ1) is 10.6. The fourth-order valence-corrected chi connectivity index (χ4v) is 2.50. The summed E-state index contributed by atoms with van der Waals surface area (Å²) in [5.41, 5.74) is 7.18. The maximum atomic E-state index is 12.2. The van der Waals surface area contributed by atoms with Crippen molar-refractivity contribution in [2.45, 2.75) is 39.7 Å². The first kappa shape index (κ1) is 18.7. The fourth-order valence-electron chi connectivity index (χ4n) is 2.50. The Morgan fingerprint density at radius 2 is 1.82 bits per heavy atom. The van der Waals surface area contributed by atoms with Crippen molar-refractivity contribution in [1.82, 2.24) is 10.2 Å². The minimum Gasteiger partial charge on any atom is -0.356 e. The third-order valence-corrected chi connectivity index (χ3v) is 4.23. The van der Waals surface area contributed by atoms with Crippen LogP contribution in [0.15, 0.2) is 30.3 Å². The highest BCUT2D eigenvalue weighted by Gasteiger charge is 2.21. The van der Waals surface area contributed by atoms with Crippen LogP contribution in [-0.4, -0.2) is 37.0 Å². The Kier molecular flexibility index (Phi) is 8.78. The van der Waals surface area contributed by atoms with Gasteiger partial charge < -0.3 is 16.0 Å². The van der Waals surface area contributed by atoms with E-state index < -0.39 is 0 Å². The smallest absolute Gasteiger partial charge is 0.224 e. The molecule has 0 saturated carbocycles. The summed E-state index contributed by atoms with van der Waals surface area (Å²) in [4.78, 5) is 14.6. The molecule has 0 aromatic heterocycles. The molecule has 0 saturated heterocycles. The first-order valence-electron chi connectivity index (χ1n) is 8.40. The zero-order chi connectivity index (χ0) is 16.4. The Hall–Kier alpha value is -1.39. The van der Waals surface area contributed by atoms with Crippen molar-refractivity contribution in [3.05, 3.63) is 35.9 Å². The van der Waals surface area contributed by atoms with Gasteiger partial charge in [-0.05, 0) is 38.0 Å². The van der Waals surface area contributed by atoms with E-state index in [4.69, 9.17) is 5.73 Å². The zero-order valence-corrected chi connectivity index (χ0v) is 14.2. The van der Waals surface area contributed by atoms with Gasteiger partial charge in [-0.25, -0.2) is 0 Å². The van der Waals surface area contributed by atoms with Gasteiger partial charge in [0.15, 0.2) is 0 Å². The van der Waals surface area contributed by atoms with Crippen LogP contribution in [0.25, 0.3) is 0 Å². The summed E-state index contributed by atoms with van der Waals surface area (Å²) in [6.07, 6.45) is 2.12. The van der Waals surface area contributed by atoms with Gasteiger partial charge in [0.25, 0.3) is 0 Å². The monoisotopic (exact) mass is 305 g/mol. The predicted molar refractivity (Wildman–Crippen MR) is 92.6 cm³/mol. The van der Waals surface area contributed by atoms with Crippen molar-refractivity contribution >= 4 is 5.91 Å². The fraction of sp³-hybridized carbons (Fsp3) is 0.611. The van der Waals surface area contributed by atoms with E-state index in [1.165, 1.54) is 0 Å². The molecule has 0 radical (unpaired) electrons. The largest absolute Gasteiger partial charge is 0.356 e. The Bertz CT molecular complexity index is 418. The van der Waals surface area contributed by atoms with E-state index >= 15 is 0 Å². The normalized spacial score (nSPS) is 13.9. The maximum Gasteiger partial charge on any atom is 0.224 e. The van der Waals surface area contributed by atoms with Gasteiger partial charge in [-0.15, -0.1) is 0 Å². The molecule has 4 heteroatoms. The SMILES string of the molecule is CCN(CC)CCCCNC(=O)C(C)C(N)c1ccccc1. The molecule has 0 fully saturated rings. The average Bonchev–Trinajstić information content (AvgIpc) is 2.57. The molecule has 3 N–H and O–H groups in total. The van der Waals surface area contributed by atoms with Crippen molar-refractivity contribution in [1.29, 1.82) is 0 Å². The van der Waals surface area contributed by atoms with E-state index in [0.717, 1.165) is 44.6 Å². The van der Waals surface area contributed by atoms with E-state index in [-0.39, 0.29) is 17.9 Å². The average molecular weight is 305 g/mol. The van der Waals surface area contributed by atoms with Crippen molar-refractivity contribution in [2.75, 3.05) is 26.2 Å². The summed E-state index contributed by atoms with van der Waals surface area (Å²) in [6.45, 7) is 10.3. The lowest BCUT2D eigenvalue weighted by atomic mass is 9.94. The second kappa shape index (κ2) is 10.4. The highest BCUT2D eigenvalue weighted by molar-refractivity contribution is 5.79. The first-order valence-corrected chi connectivity index (χ1v) is 8.40. The summed E-state index contributed by atoms with van der Waals surface area (Å²) in [5.74, 6) is -0.177. The molecule has 22 heavy (non-hydrogen) atoms. The maximum absolute atomic E-state index is 12.2. The molecule has 0 heterocycles. The molecule has 0 spiro atoms. The second-order valence-corrected chi connectivity index (χ2v) is 5.75. The van der Waals surface area contributed by atoms with Crippen LogP contribution in [0.2, 0.25) is 0 Å². The van der Waals surface area contributed by atoms with Crippen LogP contribution in [0, 0.1) is 5.92 Å². The molecular formula is C18H31N3O.